The number of benzene rings is 3. The van der Waals surface area contributed by atoms with E-state index in [1.54, 1.807) is 20.8 Å². The first kappa shape index (κ1) is 28.1. The van der Waals surface area contributed by atoms with Gasteiger partial charge in [-0.25, -0.2) is 14.4 Å². The van der Waals surface area contributed by atoms with E-state index in [1.807, 2.05) is 66.7 Å². The quantitative estimate of drug-likeness (QED) is 0.286. The Hall–Kier alpha value is -4.51. The van der Waals surface area contributed by atoms with E-state index < -0.39 is 29.8 Å². The summed E-state index contributed by atoms with van der Waals surface area (Å²) in [4.78, 5) is 35.5. The number of hydrogen-bond acceptors (Lipinski definition) is 5. The van der Waals surface area contributed by atoms with Crippen LogP contribution in [0.5, 0.6) is 0 Å². The number of nitrogens with one attached hydrogen (secondary N) is 2. The van der Waals surface area contributed by atoms with Crippen molar-refractivity contribution >= 4 is 28.9 Å². The highest BCUT2D eigenvalue weighted by Gasteiger charge is 2.24. The maximum Gasteiger partial charge on any atom is 0.408 e. The Bertz CT molecular complexity index is 1340. The fourth-order valence-electron chi connectivity index (χ4n) is 3.55. The second-order valence-electron chi connectivity index (χ2n) is 9.68. The summed E-state index contributed by atoms with van der Waals surface area (Å²) in [6, 6.07) is 19.7. The smallest absolute Gasteiger partial charge is 0.408 e. The third-order valence-corrected chi connectivity index (χ3v) is 5.30. The molecule has 3 rings (SSSR count). The minimum atomic E-state index is -1.14. The minimum Gasteiger partial charge on any atom is -0.480 e. The fraction of sp³-hybridized carbons (Fsp3) is 0.300. The van der Waals surface area contributed by atoms with Crippen molar-refractivity contribution in [3.63, 3.8) is 0 Å². The average molecular weight is 517 g/mol. The van der Waals surface area contributed by atoms with Gasteiger partial charge in [-0.1, -0.05) is 66.4 Å². The lowest BCUT2D eigenvalue weighted by atomic mass is 10.0. The normalized spacial score (nSPS) is 11.6. The fourth-order valence-corrected chi connectivity index (χ4v) is 3.55. The van der Waals surface area contributed by atoms with Crippen molar-refractivity contribution in [1.29, 1.82) is 0 Å². The van der Waals surface area contributed by atoms with Crippen molar-refractivity contribution in [2.24, 2.45) is 0 Å². The van der Waals surface area contributed by atoms with E-state index in [-0.39, 0.29) is 13.0 Å². The van der Waals surface area contributed by atoms with Crippen LogP contribution >= 0.6 is 0 Å². The highest BCUT2D eigenvalue weighted by Crippen LogP contribution is 2.19. The van der Waals surface area contributed by atoms with E-state index in [1.165, 1.54) is 0 Å². The van der Waals surface area contributed by atoms with E-state index in [0.29, 0.717) is 13.0 Å². The van der Waals surface area contributed by atoms with Gasteiger partial charge in [0.1, 0.15) is 18.2 Å². The van der Waals surface area contributed by atoms with Crippen LogP contribution in [0.3, 0.4) is 0 Å². The van der Waals surface area contributed by atoms with Gasteiger partial charge in [0.2, 0.25) is 0 Å². The van der Waals surface area contributed by atoms with Gasteiger partial charge < -0.3 is 25.2 Å². The van der Waals surface area contributed by atoms with Crippen LogP contribution in [0.1, 0.15) is 43.9 Å². The summed E-state index contributed by atoms with van der Waals surface area (Å²) in [5.41, 5.74) is 1.80. The van der Waals surface area contributed by atoms with Crippen molar-refractivity contribution in [3.05, 3.63) is 83.4 Å². The maximum absolute atomic E-state index is 12.0. The molecule has 0 bridgehead atoms. The number of rotatable bonds is 8. The van der Waals surface area contributed by atoms with E-state index in [2.05, 4.69) is 22.5 Å². The van der Waals surface area contributed by atoms with Gasteiger partial charge in [-0.15, -0.1) is 0 Å². The predicted molar refractivity (Wildman–Crippen MR) is 145 cm³/mol. The molecule has 8 heteroatoms. The van der Waals surface area contributed by atoms with Gasteiger partial charge in [0, 0.05) is 24.9 Å². The van der Waals surface area contributed by atoms with Gasteiger partial charge in [0.15, 0.2) is 0 Å². The molecule has 198 valence electrons. The number of aliphatic carboxylic acids is 1. The minimum absolute atomic E-state index is 0.118. The first-order chi connectivity index (χ1) is 18.1. The topological polar surface area (TPSA) is 114 Å². The Morgan fingerprint density at radius 2 is 1.63 bits per heavy atom. The van der Waals surface area contributed by atoms with Crippen LogP contribution in [0.15, 0.2) is 66.7 Å². The van der Waals surface area contributed by atoms with E-state index >= 15 is 0 Å². The lowest BCUT2D eigenvalue weighted by Gasteiger charge is -2.22. The van der Waals surface area contributed by atoms with Crippen molar-refractivity contribution in [3.8, 4) is 11.8 Å². The molecule has 0 saturated carbocycles. The molecule has 0 spiro atoms. The monoisotopic (exact) mass is 516 g/mol. The summed E-state index contributed by atoms with van der Waals surface area (Å²) >= 11 is 0. The third-order valence-electron chi connectivity index (χ3n) is 5.30. The van der Waals surface area contributed by atoms with E-state index in [0.717, 1.165) is 27.5 Å². The highest BCUT2D eigenvalue weighted by atomic mass is 16.6. The molecule has 38 heavy (non-hydrogen) atoms. The highest BCUT2D eigenvalue weighted by molar-refractivity contribution is 5.85. The zero-order valence-corrected chi connectivity index (χ0v) is 21.7. The summed E-state index contributed by atoms with van der Waals surface area (Å²) in [6.07, 6.45) is -0.664. The molecule has 2 amide bonds. The second kappa shape index (κ2) is 13.2. The Labute approximate surface area is 222 Å². The SMILES string of the molecule is CC(C)(C)OC(=O)N[C@@H](Cc1ccc2cc(C#CCCNC(=O)OCc3ccccc3)ccc2c1)C(=O)O. The number of carbonyl (C=O) groups excluding carboxylic acids is 2. The second-order valence-corrected chi connectivity index (χ2v) is 9.68. The average Bonchev–Trinajstić information content (AvgIpc) is 2.86. The van der Waals surface area contributed by atoms with Gasteiger partial charge in [0.05, 0.1) is 0 Å². The molecule has 0 aliphatic carbocycles. The van der Waals surface area contributed by atoms with Crippen LogP contribution in [0.4, 0.5) is 9.59 Å². The first-order valence-electron chi connectivity index (χ1n) is 12.3. The van der Waals surface area contributed by atoms with Gasteiger partial charge in [0.25, 0.3) is 0 Å². The van der Waals surface area contributed by atoms with Crippen LogP contribution < -0.4 is 10.6 Å². The summed E-state index contributed by atoms with van der Waals surface area (Å²) in [5, 5.41) is 16.5. The lowest BCUT2D eigenvalue weighted by Crippen LogP contribution is -2.44. The molecule has 0 heterocycles. The molecule has 0 saturated heterocycles. The molecule has 0 unspecified atom stereocenters. The van der Waals surface area contributed by atoms with Crippen LogP contribution in [0, 0.1) is 11.8 Å². The number of alkyl carbamates (subject to hydrolysis) is 2. The van der Waals surface area contributed by atoms with E-state index in [4.69, 9.17) is 9.47 Å². The molecular weight excluding hydrogens is 484 g/mol. The Morgan fingerprint density at radius 3 is 2.34 bits per heavy atom. The number of hydrogen-bond donors (Lipinski definition) is 3. The molecule has 3 aromatic rings. The molecule has 3 N–H and O–H groups in total. The van der Waals surface area contributed by atoms with Gasteiger partial charge in [-0.05, 0) is 54.8 Å². The third kappa shape index (κ3) is 9.51. The van der Waals surface area contributed by atoms with Gasteiger partial charge in [-0.3, -0.25) is 0 Å². The first-order valence-corrected chi connectivity index (χ1v) is 12.3. The van der Waals surface area contributed by atoms with E-state index in [9.17, 15) is 19.5 Å². The summed E-state index contributed by atoms with van der Waals surface area (Å²) < 4.78 is 10.3. The van der Waals surface area contributed by atoms with Crippen LogP contribution in [-0.4, -0.2) is 41.4 Å². The Morgan fingerprint density at radius 1 is 0.921 bits per heavy atom. The van der Waals surface area contributed by atoms with Crippen LogP contribution in [-0.2, 0) is 27.3 Å². The molecule has 0 fully saturated rings. The van der Waals surface area contributed by atoms with Crippen LogP contribution in [0.2, 0.25) is 0 Å². The zero-order chi connectivity index (χ0) is 27.5. The van der Waals surface area contributed by atoms with Crippen molar-refractivity contribution < 1.29 is 29.0 Å². The summed E-state index contributed by atoms with van der Waals surface area (Å²) in [6.45, 7) is 5.73. The Kier molecular flexibility index (Phi) is 9.72. The molecule has 0 aliphatic rings. The maximum atomic E-state index is 12.0. The summed E-state index contributed by atoms with van der Waals surface area (Å²) in [7, 11) is 0. The van der Waals surface area contributed by atoms with Gasteiger partial charge >= 0.3 is 18.2 Å². The number of carboxylic acids is 1. The molecule has 0 radical (unpaired) electrons. The van der Waals surface area contributed by atoms with Crippen LogP contribution in [0.25, 0.3) is 10.8 Å². The predicted octanol–water partition coefficient (Wildman–Crippen LogP) is 5.03. The van der Waals surface area contributed by atoms with Crippen molar-refractivity contribution in [2.45, 2.75) is 51.9 Å². The molecule has 0 aromatic heterocycles. The zero-order valence-electron chi connectivity index (χ0n) is 21.7. The molecule has 8 nitrogen and oxygen atoms in total. The number of ether oxygens (including phenoxy) is 2. The van der Waals surface area contributed by atoms with Gasteiger partial charge in [-0.2, -0.15) is 0 Å². The number of fused-ring (bicyclic) bond motifs is 1. The molecule has 1 atom stereocenters. The molecule has 3 aromatic carbocycles. The Balaban J connectivity index is 1.51. The molecule has 0 aliphatic heterocycles. The number of carboxylic acid groups (broad SMARTS) is 1. The largest absolute Gasteiger partial charge is 0.480 e. The van der Waals surface area contributed by atoms with Crippen molar-refractivity contribution in [1.82, 2.24) is 10.6 Å². The standard InChI is InChI=1S/C30H32N2O6/c1-30(2,3)38-29(36)32-26(27(33)34)19-23-13-15-24-17-21(12-14-25(24)18-23)9-7-8-16-31-28(35)37-20-22-10-5-4-6-11-22/h4-6,10-15,17-18,26H,8,16,19-20H2,1-3H3,(H,31,35)(H,32,36)(H,33,34)/t26-/m0/s1. The van der Waals surface area contributed by atoms with Crippen molar-refractivity contribution in [2.75, 3.05) is 6.54 Å². The lowest BCUT2D eigenvalue weighted by molar-refractivity contribution is -0.139. The number of carbonyl (C=O) groups is 3. The number of amides is 2. The molecular formula is C30H32N2O6. The summed E-state index contributed by atoms with van der Waals surface area (Å²) in [5.74, 6) is 4.99.